The van der Waals surface area contributed by atoms with Crippen molar-refractivity contribution in [2.45, 2.75) is 6.92 Å². The number of hydrogen-bond acceptors (Lipinski definition) is 3. The molecule has 0 bridgehead atoms. The van der Waals surface area contributed by atoms with E-state index in [1.807, 2.05) is 0 Å². The van der Waals surface area contributed by atoms with Gasteiger partial charge in [0.2, 0.25) is 5.88 Å². The van der Waals surface area contributed by atoms with Crippen molar-refractivity contribution >= 4 is 6.16 Å². The van der Waals surface area contributed by atoms with Crippen molar-refractivity contribution in [1.82, 2.24) is 9.97 Å². The maximum absolute atomic E-state index is 9.90. The first-order valence-corrected chi connectivity index (χ1v) is 2.61. The Morgan fingerprint density at radius 1 is 1.82 bits per heavy atom. The van der Waals surface area contributed by atoms with Crippen LogP contribution in [0.2, 0.25) is 0 Å². The second kappa shape index (κ2) is 3.57. The summed E-state index contributed by atoms with van der Waals surface area (Å²) in [5.41, 5.74) is 0. The predicted octanol–water partition coefficient (Wildman–Crippen LogP) is -0.0498. The highest BCUT2D eigenvalue weighted by Crippen LogP contribution is 2.04. The van der Waals surface area contributed by atoms with Crippen molar-refractivity contribution in [3.8, 4) is 5.88 Å². The quantitative estimate of drug-likeness (QED) is 0.561. The van der Waals surface area contributed by atoms with Crippen LogP contribution in [0.1, 0.15) is 5.82 Å². The fourth-order valence-corrected chi connectivity index (χ4v) is 0.538. The summed E-state index contributed by atoms with van der Waals surface area (Å²) in [5.74, 6) is 0.696. The molecule has 1 aromatic heterocycles. The van der Waals surface area contributed by atoms with Gasteiger partial charge < -0.3 is 20.3 Å². The van der Waals surface area contributed by atoms with E-state index in [4.69, 9.17) is 5.11 Å². The second-order valence-corrected chi connectivity index (χ2v) is 1.69. The standard InChI is InChI=1S/C5H6N2O3.H2O/c1-3-6-2-4(7-3)10-5(8)9;/h2H,1H3,(H,6,7)(H,8,9);1H2. The number of H-pyrrole nitrogens is 1. The van der Waals surface area contributed by atoms with Gasteiger partial charge in [-0.3, -0.25) is 0 Å². The van der Waals surface area contributed by atoms with Crippen LogP contribution < -0.4 is 4.74 Å². The maximum atomic E-state index is 9.90. The minimum absolute atomic E-state index is 0. The van der Waals surface area contributed by atoms with Crippen LogP contribution >= 0.6 is 0 Å². The van der Waals surface area contributed by atoms with Crippen molar-refractivity contribution in [2.24, 2.45) is 0 Å². The van der Waals surface area contributed by atoms with Gasteiger partial charge in [0, 0.05) is 0 Å². The number of rotatable bonds is 1. The number of nitrogens with one attached hydrogen (secondary N) is 1. The van der Waals surface area contributed by atoms with Crippen molar-refractivity contribution in [2.75, 3.05) is 0 Å². The number of ether oxygens (including phenoxy) is 1. The lowest BCUT2D eigenvalue weighted by Crippen LogP contribution is -2.02. The highest BCUT2D eigenvalue weighted by molar-refractivity contribution is 5.60. The first kappa shape index (κ1) is 9.44. The smallest absolute Gasteiger partial charge is 0.449 e. The Balaban J connectivity index is 0.000001000. The van der Waals surface area contributed by atoms with Crippen molar-refractivity contribution < 1.29 is 20.1 Å². The van der Waals surface area contributed by atoms with E-state index >= 15 is 0 Å². The molecule has 0 fully saturated rings. The van der Waals surface area contributed by atoms with Gasteiger partial charge in [-0.15, -0.1) is 0 Å². The van der Waals surface area contributed by atoms with Crippen LogP contribution in [0, 0.1) is 6.92 Å². The average molecular weight is 160 g/mol. The Kier molecular flexibility index (Phi) is 3.06. The number of carbonyl (C=O) groups is 1. The SMILES string of the molecule is Cc1nc(OC(=O)O)c[nH]1.O. The van der Waals surface area contributed by atoms with Crippen molar-refractivity contribution in [1.29, 1.82) is 0 Å². The second-order valence-electron chi connectivity index (χ2n) is 1.69. The molecule has 0 atom stereocenters. The highest BCUT2D eigenvalue weighted by atomic mass is 16.7. The Labute approximate surface area is 62.1 Å². The van der Waals surface area contributed by atoms with E-state index in [0.717, 1.165) is 0 Å². The maximum Gasteiger partial charge on any atom is 0.512 e. The summed E-state index contributed by atoms with van der Waals surface area (Å²) in [4.78, 5) is 16.3. The zero-order chi connectivity index (χ0) is 7.56. The molecule has 4 N–H and O–H groups in total. The summed E-state index contributed by atoms with van der Waals surface area (Å²) in [7, 11) is 0. The molecule has 0 saturated heterocycles. The van der Waals surface area contributed by atoms with Gasteiger partial charge in [0.05, 0.1) is 6.20 Å². The molecule has 1 rings (SSSR count). The van der Waals surface area contributed by atoms with Gasteiger partial charge in [-0.1, -0.05) is 0 Å². The van der Waals surface area contributed by atoms with Crippen molar-refractivity contribution in [3.05, 3.63) is 12.0 Å². The van der Waals surface area contributed by atoms with Crippen LogP contribution in [0.25, 0.3) is 0 Å². The van der Waals surface area contributed by atoms with Gasteiger partial charge in [0.1, 0.15) is 5.82 Å². The molecule has 0 aliphatic carbocycles. The normalized spacial score (nSPS) is 8.45. The third-order valence-electron chi connectivity index (χ3n) is 0.874. The molecule has 0 aliphatic rings. The van der Waals surface area contributed by atoms with E-state index < -0.39 is 6.16 Å². The molecule has 0 unspecified atom stereocenters. The van der Waals surface area contributed by atoms with Crippen LogP contribution in [0.5, 0.6) is 5.88 Å². The molecule has 0 aliphatic heterocycles. The summed E-state index contributed by atoms with van der Waals surface area (Å²) in [6.07, 6.45) is 0.0233. The van der Waals surface area contributed by atoms with Gasteiger partial charge >= 0.3 is 6.16 Å². The number of imidazole rings is 1. The average Bonchev–Trinajstić information content (AvgIpc) is 2.13. The Hall–Kier alpha value is -1.56. The molecule has 0 saturated carbocycles. The van der Waals surface area contributed by atoms with E-state index in [-0.39, 0.29) is 11.4 Å². The zero-order valence-corrected chi connectivity index (χ0v) is 5.79. The van der Waals surface area contributed by atoms with E-state index in [0.29, 0.717) is 5.82 Å². The lowest BCUT2D eigenvalue weighted by Gasteiger charge is -1.89. The van der Waals surface area contributed by atoms with Crippen molar-refractivity contribution in [3.63, 3.8) is 0 Å². The first-order valence-electron chi connectivity index (χ1n) is 2.61. The summed E-state index contributed by atoms with van der Waals surface area (Å²) < 4.78 is 4.21. The first-order chi connectivity index (χ1) is 4.68. The summed E-state index contributed by atoms with van der Waals surface area (Å²) in [5, 5.41) is 8.10. The zero-order valence-electron chi connectivity index (χ0n) is 5.79. The van der Waals surface area contributed by atoms with Gasteiger partial charge in [-0.2, -0.15) is 4.98 Å². The van der Waals surface area contributed by atoms with E-state index in [9.17, 15) is 4.79 Å². The molecule has 1 aromatic rings. The third kappa shape index (κ3) is 2.67. The molecular formula is C5H8N2O4. The summed E-state index contributed by atoms with van der Waals surface area (Å²) in [6, 6.07) is 0. The number of aromatic nitrogens is 2. The molecule has 6 heteroatoms. The molecule has 11 heavy (non-hydrogen) atoms. The van der Waals surface area contributed by atoms with Crippen LogP contribution in [-0.4, -0.2) is 26.7 Å². The molecular weight excluding hydrogens is 152 g/mol. The van der Waals surface area contributed by atoms with Gasteiger partial charge in [0.15, 0.2) is 0 Å². The monoisotopic (exact) mass is 160 g/mol. The minimum Gasteiger partial charge on any atom is -0.449 e. The molecule has 0 spiro atoms. The lowest BCUT2D eigenvalue weighted by molar-refractivity contribution is 0.142. The largest absolute Gasteiger partial charge is 0.512 e. The fourth-order valence-electron chi connectivity index (χ4n) is 0.538. The molecule has 1 heterocycles. The van der Waals surface area contributed by atoms with E-state index in [1.54, 1.807) is 6.92 Å². The van der Waals surface area contributed by atoms with Gasteiger partial charge in [-0.05, 0) is 6.92 Å². The van der Waals surface area contributed by atoms with Gasteiger partial charge in [0.25, 0.3) is 0 Å². The van der Waals surface area contributed by atoms with Crippen LogP contribution in [-0.2, 0) is 0 Å². The topological polar surface area (TPSA) is 107 Å². The van der Waals surface area contributed by atoms with E-state index in [1.165, 1.54) is 6.20 Å². The van der Waals surface area contributed by atoms with E-state index in [2.05, 4.69) is 14.7 Å². The molecule has 0 radical (unpaired) electrons. The van der Waals surface area contributed by atoms with Crippen LogP contribution in [0.4, 0.5) is 4.79 Å². The number of aryl methyl sites for hydroxylation is 1. The predicted molar refractivity (Wildman–Crippen MR) is 35.6 cm³/mol. The summed E-state index contributed by atoms with van der Waals surface area (Å²) >= 11 is 0. The van der Waals surface area contributed by atoms with Crippen LogP contribution in [0.15, 0.2) is 6.20 Å². The number of aromatic amines is 1. The number of nitrogens with zero attached hydrogens (tertiary/aromatic N) is 1. The minimum atomic E-state index is -1.36. The number of hydrogen-bond donors (Lipinski definition) is 2. The molecule has 0 amide bonds. The molecule has 62 valence electrons. The lowest BCUT2D eigenvalue weighted by atomic mass is 10.8. The Bertz CT molecular complexity index is 244. The van der Waals surface area contributed by atoms with Crippen LogP contribution in [0.3, 0.4) is 0 Å². The molecule has 0 aromatic carbocycles. The molecule has 6 nitrogen and oxygen atoms in total. The third-order valence-corrected chi connectivity index (χ3v) is 0.874. The Morgan fingerprint density at radius 3 is 2.82 bits per heavy atom. The summed E-state index contributed by atoms with van der Waals surface area (Å²) in [6.45, 7) is 1.70. The van der Waals surface area contributed by atoms with Gasteiger partial charge in [-0.25, -0.2) is 4.79 Å². The Morgan fingerprint density at radius 2 is 2.45 bits per heavy atom. The highest BCUT2D eigenvalue weighted by Gasteiger charge is 2.02. The fraction of sp³-hybridized carbons (Fsp3) is 0.200. The number of carboxylic acid groups (broad SMARTS) is 1.